The molecule has 4 rings (SSSR count). The van der Waals surface area contributed by atoms with Gasteiger partial charge in [0, 0.05) is 22.2 Å². The summed E-state index contributed by atoms with van der Waals surface area (Å²) in [4.78, 5) is 3.01. The van der Waals surface area contributed by atoms with Crippen molar-refractivity contribution in [1.29, 1.82) is 0 Å². The van der Waals surface area contributed by atoms with E-state index in [9.17, 15) is 17.6 Å². The Morgan fingerprint density at radius 3 is 2.48 bits per heavy atom. The maximum Gasteiger partial charge on any atom is 0.408 e. The highest BCUT2D eigenvalue weighted by Gasteiger charge is 2.36. The van der Waals surface area contributed by atoms with E-state index in [1.54, 1.807) is 11.5 Å². The molecule has 29 heavy (non-hydrogen) atoms. The Morgan fingerprint density at radius 2 is 1.83 bits per heavy atom. The Bertz CT molecular complexity index is 1250. The predicted octanol–water partition coefficient (Wildman–Crippen LogP) is 5.76. The molecule has 0 N–H and O–H groups in total. The highest BCUT2D eigenvalue weighted by molar-refractivity contribution is 5.90. The SMILES string of the molecule is [C-]#[N+]c1ccc2c(cc(C)n2Cc2nnc(-c3ccc(F)cc3)o2)c1C(F)(F)F. The van der Waals surface area contributed by atoms with Crippen molar-refractivity contribution in [1.82, 2.24) is 14.8 Å². The lowest BCUT2D eigenvalue weighted by atomic mass is 10.1. The molecule has 2 aromatic carbocycles. The van der Waals surface area contributed by atoms with Crippen molar-refractivity contribution in [3.05, 3.63) is 76.8 Å². The first-order valence-corrected chi connectivity index (χ1v) is 8.44. The molecule has 0 amide bonds. The van der Waals surface area contributed by atoms with Crippen LogP contribution in [-0.4, -0.2) is 14.8 Å². The van der Waals surface area contributed by atoms with Gasteiger partial charge in [-0.3, -0.25) is 0 Å². The summed E-state index contributed by atoms with van der Waals surface area (Å²) >= 11 is 0. The molecule has 0 atom stereocenters. The minimum Gasteiger partial charge on any atom is -0.419 e. The molecule has 5 nitrogen and oxygen atoms in total. The molecule has 0 fully saturated rings. The first-order valence-electron chi connectivity index (χ1n) is 8.44. The number of benzene rings is 2. The second-order valence-corrected chi connectivity index (χ2v) is 6.38. The minimum atomic E-state index is -4.65. The van der Waals surface area contributed by atoms with Crippen LogP contribution >= 0.6 is 0 Å². The zero-order valence-electron chi connectivity index (χ0n) is 15.0. The van der Waals surface area contributed by atoms with Gasteiger partial charge in [0.1, 0.15) is 12.4 Å². The fraction of sp³-hybridized carbons (Fsp3) is 0.150. The fourth-order valence-electron chi connectivity index (χ4n) is 3.22. The van der Waals surface area contributed by atoms with E-state index in [4.69, 9.17) is 11.0 Å². The summed E-state index contributed by atoms with van der Waals surface area (Å²) in [6.07, 6.45) is -4.65. The lowest BCUT2D eigenvalue weighted by Gasteiger charge is -2.11. The predicted molar refractivity (Wildman–Crippen MR) is 96.7 cm³/mol. The molecule has 4 aromatic rings. The van der Waals surface area contributed by atoms with Gasteiger partial charge in [0.05, 0.1) is 12.1 Å². The molecule has 0 aliphatic carbocycles. The molecular weight excluding hydrogens is 388 g/mol. The minimum absolute atomic E-state index is 0.0538. The van der Waals surface area contributed by atoms with Crippen LogP contribution < -0.4 is 0 Å². The molecule has 0 spiro atoms. The highest BCUT2D eigenvalue weighted by Crippen LogP contribution is 2.42. The van der Waals surface area contributed by atoms with Crippen LogP contribution in [0.2, 0.25) is 0 Å². The Balaban J connectivity index is 1.75. The Kier molecular flexibility index (Phi) is 4.34. The van der Waals surface area contributed by atoms with Crippen LogP contribution in [0, 0.1) is 19.3 Å². The number of aryl methyl sites for hydroxylation is 1. The number of hydrogen-bond acceptors (Lipinski definition) is 3. The van der Waals surface area contributed by atoms with E-state index in [0.717, 1.165) is 6.07 Å². The number of hydrogen-bond donors (Lipinski definition) is 0. The number of fused-ring (bicyclic) bond motifs is 1. The van der Waals surface area contributed by atoms with Gasteiger partial charge in [-0.2, -0.15) is 13.2 Å². The summed E-state index contributed by atoms with van der Waals surface area (Å²) in [5, 5.41) is 7.81. The van der Waals surface area contributed by atoms with Crippen molar-refractivity contribution in [2.75, 3.05) is 0 Å². The van der Waals surface area contributed by atoms with Crippen LogP contribution in [0.3, 0.4) is 0 Å². The molecule has 0 saturated carbocycles. The van der Waals surface area contributed by atoms with Gasteiger partial charge in [-0.25, -0.2) is 9.24 Å². The zero-order valence-corrected chi connectivity index (χ0v) is 15.0. The summed E-state index contributed by atoms with van der Waals surface area (Å²) in [7, 11) is 0. The summed E-state index contributed by atoms with van der Waals surface area (Å²) in [5.74, 6) is -0.0321. The quantitative estimate of drug-likeness (QED) is 0.325. The van der Waals surface area contributed by atoms with Crippen LogP contribution in [0.15, 0.2) is 46.9 Å². The average molecular weight is 400 g/mol. The van der Waals surface area contributed by atoms with Crippen LogP contribution in [-0.2, 0) is 12.7 Å². The third kappa shape index (κ3) is 3.33. The summed E-state index contributed by atoms with van der Waals surface area (Å²) in [5.41, 5.74) is -0.0128. The monoisotopic (exact) mass is 400 g/mol. The number of aromatic nitrogens is 3. The Hall–Kier alpha value is -3.67. The van der Waals surface area contributed by atoms with Gasteiger partial charge in [0.15, 0.2) is 5.69 Å². The third-order valence-corrected chi connectivity index (χ3v) is 4.53. The largest absolute Gasteiger partial charge is 0.419 e. The number of nitrogens with zero attached hydrogens (tertiary/aromatic N) is 4. The molecule has 146 valence electrons. The number of halogens is 4. The van der Waals surface area contributed by atoms with Gasteiger partial charge in [-0.15, -0.1) is 10.2 Å². The van der Waals surface area contributed by atoms with E-state index in [2.05, 4.69) is 15.0 Å². The number of rotatable bonds is 3. The van der Waals surface area contributed by atoms with Crippen molar-refractivity contribution in [3.63, 3.8) is 0 Å². The van der Waals surface area contributed by atoms with Crippen LogP contribution in [0.25, 0.3) is 27.2 Å². The Labute approximate surface area is 162 Å². The topological polar surface area (TPSA) is 48.2 Å². The molecule has 2 aromatic heterocycles. The molecule has 0 aliphatic heterocycles. The summed E-state index contributed by atoms with van der Waals surface area (Å²) in [6, 6.07) is 9.53. The molecule has 0 aliphatic rings. The first kappa shape index (κ1) is 18.7. The third-order valence-electron chi connectivity index (χ3n) is 4.53. The van der Waals surface area contributed by atoms with E-state index in [1.165, 1.54) is 36.4 Å². The van der Waals surface area contributed by atoms with Gasteiger partial charge in [0.2, 0.25) is 11.8 Å². The second-order valence-electron chi connectivity index (χ2n) is 6.38. The van der Waals surface area contributed by atoms with Crippen molar-refractivity contribution in [2.24, 2.45) is 0 Å². The van der Waals surface area contributed by atoms with Crippen molar-refractivity contribution >= 4 is 16.6 Å². The standard InChI is InChI=1S/C20H12F4N4O/c1-11-9-14-16(8-7-15(25-2)18(14)20(22,23)24)28(11)10-17-26-27-19(29-17)12-3-5-13(21)6-4-12/h3-9H,10H2,1H3. The van der Waals surface area contributed by atoms with Crippen LogP contribution in [0.5, 0.6) is 0 Å². The van der Waals surface area contributed by atoms with Gasteiger partial charge in [-0.05, 0) is 43.3 Å². The molecule has 0 unspecified atom stereocenters. The fourth-order valence-corrected chi connectivity index (χ4v) is 3.22. The van der Waals surface area contributed by atoms with Crippen molar-refractivity contribution in [3.8, 4) is 11.5 Å². The zero-order chi connectivity index (χ0) is 20.8. The molecule has 0 radical (unpaired) electrons. The second kappa shape index (κ2) is 6.74. The van der Waals surface area contributed by atoms with Crippen LogP contribution in [0.1, 0.15) is 17.1 Å². The van der Waals surface area contributed by atoms with Gasteiger partial charge in [0.25, 0.3) is 0 Å². The molecule has 0 saturated heterocycles. The molecule has 0 bridgehead atoms. The summed E-state index contributed by atoms with van der Waals surface area (Å²) < 4.78 is 60.9. The normalized spacial score (nSPS) is 11.7. The smallest absolute Gasteiger partial charge is 0.408 e. The molecule has 2 heterocycles. The van der Waals surface area contributed by atoms with Crippen molar-refractivity contribution in [2.45, 2.75) is 19.6 Å². The first-order chi connectivity index (χ1) is 13.8. The molecule has 9 heteroatoms. The van der Waals surface area contributed by atoms with E-state index in [0.29, 0.717) is 16.8 Å². The Morgan fingerprint density at radius 1 is 1.10 bits per heavy atom. The van der Waals surface area contributed by atoms with E-state index in [1.807, 2.05) is 0 Å². The lowest BCUT2D eigenvalue weighted by molar-refractivity contribution is -0.135. The van der Waals surface area contributed by atoms with E-state index < -0.39 is 23.2 Å². The maximum atomic E-state index is 13.5. The van der Waals surface area contributed by atoms with Gasteiger partial charge >= 0.3 is 6.18 Å². The summed E-state index contributed by atoms with van der Waals surface area (Å²) in [6.45, 7) is 8.75. The van der Waals surface area contributed by atoms with E-state index in [-0.39, 0.29) is 23.7 Å². The van der Waals surface area contributed by atoms with Gasteiger partial charge < -0.3 is 8.98 Å². The average Bonchev–Trinajstić information content (AvgIpc) is 3.26. The maximum absolute atomic E-state index is 13.5. The number of alkyl halides is 3. The van der Waals surface area contributed by atoms with Crippen molar-refractivity contribution < 1.29 is 22.0 Å². The lowest BCUT2D eigenvalue weighted by Crippen LogP contribution is -2.06. The highest BCUT2D eigenvalue weighted by atomic mass is 19.4. The van der Waals surface area contributed by atoms with Gasteiger partial charge in [-0.1, -0.05) is 6.07 Å². The van der Waals surface area contributed by atoms with Crippen LogP contribution in [0.4, 0.5) is 23.2 Å². The molecular formula is C20H12F4N4O. The van der Waals surface area contributed by atoms with E-state index >= 15 is 0 Å².